The smallest absolute Gasteiger partial charge is 0.0322 e. The molecule has 0 aromatic heterocycles. The number of unbranched alkanes of at least 4 members (excludes halogenated alkanes) is 1. The summed E-state index contributed by atoms with van der Waals surface area (Å²) in [5.74, 6) is 0.933. The van der Waals surface area contributed by atoms with E-state index in [1.807, 2.05) is 0 Å². The number of hydrogen-bond acceptors (Lipinski definition) is 1. The minimum atomic E-state index is 0.554. The highest BCUT2D eigenvalue weighted by Crippen LogP contribution is 2.32. The fraction of sp³-hybridized carbons (Fsp3) is 0.700. The number of nitrogens with one attached hydrogen (secondary N) is 1. The van der Waals surface area contributed by atoms with E-state index in [0.717, 1.165) is 12.5 Å². The van der Waals surface area contributed by atoms with E-state index in [1.54, 1.807) is 0 Å². The molecule has 1 N–H and O–H groups in total. The van der Waals surface area contributed by atoms with Gasteiger partial charge in [-0.2, -0.15) is 0 Å². The first-order valence-electron chi connectivity index (χ1n) is 9.15. The standard InChI is InChI=1S/C20H33N/c1-3-5-9-17-12-14-19(15-13-17)20(21-4-2)16-18-10-7-6-8-11-18/h12-15,18,20-21H,3-11,16H2,1-2H3. The van der Waals surface area contributed by atoms with E-state index in [4.69, 9.17) is 0 Å². The summed E-state index contributed by atoms with van der Waals surface area (Å²) >= 11 is 0. The lowest BCUT2D eigenvalue weighted by molar-refractivity contribution is 0.301. The third-order valence-corrected chi connectivity index (χ3v) is 4.95. The van der Waals surface area contributed by atoms with Crippen molar-refractivity contribution < 1.29 is 0 Å². The summed E-state index contributed by atoms with van der Waals surface area (Å²) in [6.45, 7) is 5.55. The average Bonchev–Trinajstić information content (AvgIpc) is 2.54. The fourth-order valence-corrected chi connectivity index (χ4v) is 3.64. The minimum Gasteiger partial charge on any atom is -0.310 e. The molecule has 1 unspecified atom stereocenters. The van der Waals surface area contributed by atoms with Crippen LogP contribution in [0, 0.1) is 5.92 Å². The Morgan fingerprint density at radius 3 is 2.38 bits per heavy atom. The first kappa shape index (κ1) is 16.5. The molecule has 1 saturated carbocycles. The zero-order chi connectivity index (χ0) is 14.9. The summed E-state index contributed by atoms with van der Waals surface area (Å²) in [4.78, 5) is 0. The quantitative estimate of drug-likeness (QED) is 0.651. The maximum absolute atomic E-state index is 3.71. The average molecular weight is 287 g/mol. The molecule has 1 aromatic rings. The van der Waals surface area contributed by atoms with Crippen LogP contribution in [0.3, 0.4) is 0 Å². The van der Waals surface area contributed by atoms with Crippen molar-refractivity contribution in [3.05, 3.63) is 35.4 Å². The third kappa shape index (κ3) is 5.47. The Morgan fingerprint density at radius 1 is 1.05 bits per heavy atom. The molecule has 0 heterocycles. The van der Waals surface area contributed by atoms with Gasteiger partial charge in [0.1, 0.15) is 0 Å². The van der Waals surface area contributed by atoms with Gasteiger partial charge in [0.15, 0.2) is 0 Å². The Kier molecular flexibility index (Phi) is 7.29. The van der Waals surface area contributed by atoms with E-state index in [1.165, 1.54) is 68.9 Å². The number of benzene rings is 1. The first-order chi connectivity index (χ1) is 10.3. The van der Waals surface area contributed by atoms with Gasteiger partial charge >= 0.3 is 0 Å². The molecular weight excluding hydrogens is 254 g/mol. The minimum absolute atomic E-state index is 0.554. The van der Waals surface area contributed by atoms with Crippen molar-refractivity contribution in [3.63, 3.8) is 0 Å². The van der Waals surface area contributed by atoms with Crippen molar-refractivity contribution in [1.29, 1.82) is 0 Å². The Morgan fingerprint density at radius 2 is 1.76 bits per heavy atom. The van der Waals surface area contributed by atoms with Crippen molar-refractivity contribution in [1.82, 2.24) is 5.32 Å². The van der Waals surface area contributed by atoms with Crippen LogP contribution in [0.4, 0.5) is 0 Å². The van der Waals surface area contributed by atoms with Crippen molar-refractivity contribution >= 4 is 0 Å². The van der Waals surface area contributed by atoms with Crippen molar-refractivity contribution in [2.75, 3.05) is 6.54 Å². The Hall–Kier alpha value is -0.820. The third-order valence-electron chi connectivity index (χ3n) is 4.95. The summed E-state index contributed by atoms with van der Waals surface area (Å²) in [5, 5.41) is 3.71. The van der Waals surface area contributed by atoms with Gasteiger partial charge in [0.05, 0.1) is 0 Å². The molecule has 2 rings (SSSR count). The van der Waals surface area contributed by atoms with Gasteiger partial charge in [-0.15, -0.1) is 0 Å². The molecule has 0 aliphatic heterocycles. The fourth-order valence-electron chi connectivity index (χ4n) is 3.64. The molecule has 1 aliphatic rings. The van der Waals surface area contributed by atoms with Crippen molar-refractivity contribution in [2.45, 2.75) is 77.7 Å². The molecule has 21 heavy (non-hydrogen) atoms. The second-order valence-electron chi connectivity index (χ2n) is 6.70. The van der Waals surface area contributed by atoms with Gasteiger partial charge in [0, 0.05) is 6.04 Å². The largest absolute Gasteiger partial charge is 0.310 e. The van der Waals surface area contributed by atoms with E-state index in [9.17, 15) is 0 Å². The Bertz CT molecular complexity index is 375. The SMILES string of the molecule is CCCCc1ccc(C(CC2CCCCC2)NCC)cc1. The summed E-state index contributed by atoms with van der Waals surface area (Å²) in [6.07, 6.45) is 12.4. The number of hydrogen-bond donors (Lipinski definition) is 1. The van der Waals surface area contributed by atoms with Gasteiger partial charge in [-0.1, -0.05) is 76.6 Å². The van der Waals surface area contributed by atoms with E-state index in [2.05, 4.69) is 43.4 Å². The monoisotopic (exact) mass is 287 g/mol. The molecule has 0 spiro atoms. The second-order valence-corrected chi connectivity index (χ2v) is 6.70. The van der Waals surface area contributed by atoms with E-state index < -0.39 is 0 Å². The van der Waals surface area contributed by atoms with Gasteiger partial charge < -0.3 is 5.32 Å². The van der Waals surface area contributed by atoms with Crippen LogP contribution in [0.1, 0.15) is 82.4 Å². The van der Waals surface area contributed by atoms with E-state index in [0.29, 0.717) is 6.04 Å². The van der Waals surface area contributed by atoms with Gasteiger partial charge in [-0.3, -0.25) is 0 Å². The molecule has 1 fully saturated rings. The number of rotatable bonds is 8. The molecular formula is C20H33N. The lowest BCUT2D eigenvalue weighted by atomic mass is 9.83. The highest BCUT2D eigenvalue weighted by Gasteiger charge is 2.19. The van der Waals surface area contributed by atoms with Crippen LogP contribution in [0.5, 0.6) is 0 Å². The molecule has 1 atom stereocenters. The van der Waals surface area contributed by atoms with Crippen LogP contribution in [-0.2, 0) is 6.42 Å². The van der Waals surface area contributed by atoms with Gasteiger partial charge in [-0.25, -0.2) is 0 Å². The highest BCUT2D eigenvalue weighted by atomic mass is 14.9. The molecule has 0 bridgehead atoms. The van der Waals surface area contributed by atoms with Crippen LogP contribution < -0.4 is 5.32 Å². The van der Waals surface area contributed by atoms with Crippen molar-refractivity contribution in [2.24, 2.45) is 5.92 Å². The van der Waals surface area contributed by atoms with Gasteiger partial charge in [-0.05, 0) is 42.9 Å². The summed E-state index contributed by atoms with van der Waals surface area (Å²) in [7, 11) is 0. The molecule has 0 radical (unpaired) electrons. The van der Waals surface area contributed by atoms with Crippen LogP contribution >= 0.6 is 0 Å². The van der Waals surface area contributed by atoms with Gasteiger partial charge in [0.25, 0.3) is 0 Å². The second kappa shape index (κ2) is 9.25. The molecule has 0 amide bonds. The first-order valence-corrected chi connectivity index (χ1v) is 9.15. The molecule has 118 valence electrons. The Balaban J connectivity index is 1.95. The lowest BCUT2D eigenvalue weighted by Crippen LogP contribution is -2.24. The maximum atomic E-state index is 3.71. The van der Waals surface area contributed by atoms with E-state index in [-0.39, 0.29) is 0 Å². The van der Waals surface area contributed by atoms with Gasteiger partial charge in [0.2, 0.25) is 0 Å². The number of aryl methyl sites for hydroxylation is 1. The summed E-state index contributed by atoms with van der Waals surface area (Å²) in [6, 6.07) is 9.97. The maximum Gasteiger partial charge on any atom is 0.0322 e. The zero-order valence-electron chi connectivity index (χ0n) is 14.0. The predicted molar refractivity (Wildman–Crippen MR) is 92.7 cm³/mol. The summed E-state index contributed by atoms with van der Waals surface area (Å²) < 4.78 is 0. The highest BCUT2D eigenvalue weighted by molar-refractivity contribution is 5.25. The van der Waals surface area contributed by atoms with Crippen LogP contribution in [0.25, 0.3) is 0 Å². The normalized spacial score (nSPS) is 17.8. The van der Waals surface area contributed by atoms with Crippen LogP contribution in [-0.4, -0.2) is 6.54 Å². The van der Waals surface area contributed by atoms with Crippen LogP contribution in [0.2, 0.25) is 0 Å². The van der Waals surface area contributed by atoms with Crippen LogP contribution in [0.15, 0.2) is 24.3 Å². The van der Waals surface area contributed by atoms with Crippen molar-refractivity contribution in [3.8, 4) is 0 Å². The predicted octanol–water partition coefficient (Wildman–Crippen LogP) is 5.65. The van der Waals surface area contributed by atoms with E-state index >= 15 is 0 Å². The zero-order valence-corrected chi connectivity index (χ0v) is 14.0. The molecule has 1 aliphatic carbocycles. The summed E-state index contributed by atoms with van der Waals surface area (Å²) in [5.41, 5.74) is 2.98. The topological polar surface area (TPSA) is 12.0 Å². The Labute approximate surface area is 131 Å². The lowest BCUT2D eigenvalue weighted by Gasteiger charge is -2.27. The molecule has 1 nitrogen and oxygen atoms in total. The molecule has 1 aromatic carbocycles. The molecule has 0 saturated heterocycles. The molecule has 1 heteroatoms.